The lowest BCUT2D eigenvalue weighted by atomic mass is 10.1. The van der Waals surface area contributed by atoms with Gasteiger partial charge in [0.2, 0.25) is 0 Å². The first-order valence-electron chi connectivity index (χ1n) is 3.74. The topological polar surface area (TPSA) is 49.7 Å². The van der Waals surface area contributed by atoms with E-state index in [1.807, 2.05) is 0 Å². The molecule has 1 rings (SSSR count). The Kier molecular flexibility index (Phi) is 2.95. The molecule has 0 aromatic heterocycles. The van der Waals surface area contributed by atoms with Gasteiger partial charge in [0.05, 0.1) is 17.1 Å². The molecule has 4 heteroatoms. The van der Waals surface area contributed by atoms with Crippen LogP contribution in [0.15, 0.2) is 22.7 Å². The van der Waals surface area contributed by atoms with Gasteiger partial charge in [-0.1, -0.05) is 6.07 Å². The quantitative estimate of drug-likeness (QED) is 0.780. The summed E-state index contributed by atoms with van der Waals surface area (Å²) in [6, 6.07) is 5.09. The standard InChI is InChI=1S/C9H11BrO3/c1-9(11,12)6-4-3-5-7(10)8(6)13-2/h3-5,11-12H,1-2H3. The molecule has 0 bridgehead atoms. The van der Waals surface area contributed by atoms with Crippen LogP contribution in [-0.2, 0) is 5.79 Å². The molecule has 0 radical (unpaired) electrons. The summed E-state index contributed by atoms with van der Waals surface area (Å²) in [6.07, 6.45) is 0. The molecule has 0 saturated carbocycles. The van der Waals surface area contributed by atoms with Crippen LogP contribution < -0.4 is 4.74 Å². The summed E-state index contributed by atoms with van der Waals surface area (Å²) in [6.45, 7) is 1.29. The summed E-state index contributed by atoms with van der Waals surface area (Å²) in [5.74, 6) is -1.44. The van der Waals surface area contributed by atoms with Gasteiger partial charge < -0.3 is 14.9 Å². The highest BCUT2D eigenvalue weighted by molar-refractivity contribution is 9.10. The largest absolute Gasteiger partial charge is 0.495 e. The van der Waals surface area contributed by atoms with Crippen molar-refractivity contribution >= 4 is 15.9 Å². The van der Waals surface area contributed by atoms with E-state index in [1.165, 1.54) is 14.0 Å². The Balaban J connectivity index is 3.29. The first-order chi connectivity index (χ1) is 5.96. The molecule has 0 heterocycles. The van der Waals surface area contributed by atoms with Gasteiger partial charge in [-0.15, -0.1) is 0 Å². The van der Waals surface area contributed by atoms with Gasteiger partial charge in [-0.25, -0.2) is 0 Å². The van der Waals surface area contributed by atoms with Crippen LogP contribution in [-0.4, -0.2) is 17.3 Å². The number of halogens is 1. The van der Waals surface area contributed by atoms with Crippen molar-refractivity contribution in [3.05, 3.63) is 28.2 Å². The van der Waals surface area contributed by atoms with Gasteiger partial charge in [0, 0.05) is 0 Å². The zero-order valence-corrected chi connectivity index (χ0v) is 9.00. The number of benzene rings is 1. The van der Waals surface area contributed by atoms with E-state index in [-0.39, 0.29) is 0 Å². The van der Waals surface area contributed by atoms with Crippen molar-refractivity contribution in [3.8, 4) is 5.75 Å². The van der Waals surface area contributed by atoms with Crippen molar-refractivity contribution in [2.24, 2.45) is 0 Å². The molecule has 1 aromatic carbocycles. The second-order valence-corrected chi connectivity index (χ2v) is 3.70. The van der Waals surface area contributed by atoms with Crippen LogP contribution in [0.1, 0.15) is 12.5 Å². The molecule has 0 saturated heterocycles. The minimum absolute atomic E-state index is 0.337. The van der Waals surface area contributed by atoms with E-state index in [0.29, 0.717) is 15.8 Å². The SMILES string of the molecule is COc1c(Br)cccc1C(C)(O)O. The molecular formula is C9H11BrO3. The highest BCUT2D eigenvalue weighted by atomic mass is 79.9. The van der Waals surface area contributed by atoms with E-state index in [0.717, 1.165) is 0 Å². The van der Waals surface area contributed by atoms with Gasteiger partial charge in [-0.3, -0.25) is 0 Å². The Hall–Kier alpha value is -0.580. The van der Waals surface area contributed by atoms with Crippen LogP contribution in [0.5, 0.6) is 5.75 Å². The lowest BCUT2D eigenvalue weighted by Gasteiger charge is -2.19. The van der Waals surface area contributed by atoms with Gasteiger partial charge in [0.25, 0.3) is 0 Å². The fourth-order valence-corrected chi connectivity index (χ4v) is 1.62. The fourth-order valence-electron chi connectivity index (χ4n) is 1.09. The first-order valence-corrected chi connectivity index (χ1v) is 4.54. The molecule has 3 nitrogen and oxygen atoms in total. The van der Waals surface area contributed by atoms with E-state index in [9.17, 15) is 10.2 Å². The summed E-state index contributed by atoms with van der Waals surface area (Å²) in [5.41, 5.74) is 0.337. The second-order valence-electron chi connectivity index (χ2n) is 2.84. The second kappa shape index (κ2) is 3.65. The zero-order chi connectivity index (χ0) is 10.1. The van der Waals surface area contributed by atoms with E-state index in [2.05, 4.69) is 15.9 Å². The molecule has 0 amide bonds. The van der Waals surface area contributed by atoms with Crippen LogP contribution in [0, 0.1) is 0 Å². The number of methoxy groups -OCH3 is 1. The monoisotopic (exact) mass is 246 g/mol. The van der Waals surface area contributed by atoms with Crippen molar-refractivity contribution in [3.63, 3.8) is 0 Å². The smallest absolute Gasteiger partial charge is 0.190 e. The molecule has 0 aliphatic heterocycles. The molecule has 0 aliphatic carbocycles. The van der Waals surface area contributed by atoms with Gasteiger partial charge in [0.1, 0.15) is 5.75 Å². The Bertz CT molecular complexity index is 304. The summed E-state index contributed by atoms with van der Waals surface area (Å²) >= 11 is 3.25. The van der Waals surface area contributed by atoms with Crippen molar-refractivity contribution in [1.82, 2.24) is 0 Å². The number of hydrogen-bond acceptors (Lipinski definition) is 3. The van der Waals surface area contributed by atoms with Crippen LogP contribution in [0.4, 0.5) is 0 Å². The summed E-state index contributed by atoms with van der Waals surface area (Å²) in [4.78, 5) is 0. The highest BCUT2D eigenvalue weighted by Gasteiger charge is 2.24. The van der Waals surface area contributed by atoms with E-state index >= 15 is 0 Å². The molecule has 2 N–H and O–H groups in total. The van der Waals surface area contributed by atoms with Crippen LogP contribution in [0.25, 0.3) is 0 Å². The molecular weight excluding hydrogens is 236 g/mol. The highest BCUT2D eigenvalue weighted by Crippen LogP contribution is 2.34. The van der Waals surface area contributed by atoms with Crippen molar-refractivity contribution in [1.29, 1.82) is 0 Å². The van der Waals surface area contributed by atoms with Crippen LogP contribution in [0.3, 0.4) is 0 Å². The van der Waals surface area contributed by atoms with Gasteiger partial charge in [-0.05, 0) is 35.0 Å². The average Bonchev–Trinajstić information content (AvgIpc) is 2.02. The normalized spacial score (nSPS) is 11.5. The minimum atomic E-state index is -1.88. The van der Waals surface area contributed by atoms with Gasteiger partial charge >= 0.3 is 0 Å². The Labute approximate surface area is 85.1 Å². The van der Waals surface area contributed by atoms with E-state index in [1.54, 1.807) is 18.2 Å². The van der Waals surface area contributed by atoms with Crippen molar-refractivity contribution in [2.75, 3.05) is 7.11 Å². The number of para-hydroxylation sites is 1. The third-order valence-electron chi connectivity index (χ3n) is 1.68. The third kappa shape index (κ3) is 2.21. The van der Waals surface area contributed by atoms with E-state index < -0.39 is 5.79 Å². The van der Waals surface area contributed by atoms with Crippen molar-refractivity contribution in [2.45, 2.75) is 12.7 Å². The molecule has 1 aromatic rings. The first kappa shape index (κ1) is 10.5. The Morgan fingerprint density at radius 2 is 2.00 bits per heavy atom. The lowest BCUT2D eigenvalue weighted by Crippen LogP contribution is -2.20. The minimum Gasteiger partial charge on any atom is -0.495 e. The maximum Gasteiger partial charge on any atom is 0.190 e. The van der Waals surface area contributed by atoms with Gasteiger partial charge in [-0.2, -0.15) is 0 Å². The molecule has 0 fully saturated rings. The zero-order valence-electron chi connectivity index (χ0n) is 7.41. The molecule has 72 valence electrons. The van der Waals surface area contributed by atoms with Crippen LogP contribution >= 0.6 is 15.9 Å². The lowest BCUT2D eigenvalue weighted by molar-refractivity contribution is -0.153. The summed E-state index contributed by atoms with van der Waals surface area (Å²) < 4.78 is 5.73. The molecule has 0 aliphatic rings. The summed E-state index contributed by atoms with van der Waals surface area (Å²) in [7, 11) is 1.48. The predicted molar refractivity (Wildman–Crippen MR) is 52.5 cm³/mol. The fraction of sp³-hybridized carbons (Fsp3) is 0.333. The third-order valence-corrected chi connectivity index (χ3v) is 2.31. The molecule has 13 heavy (non-hydrogen) atoms. The predicted octanol–water partition coefficient (Wildman–Crippen LogP) is 1.62. The summed E-state index contributed by atoms with van der Waals surface area (Å²) in [5, 5.41) is 18.8. The molecule has 0 unspecified atom stereocenters. The molecule has 0 atom stereocenters. The van der Waals surface area contributed by atoms with E-state index in [4.69, 9.17) is 4.74 Å². The van der Waals surface area contributed by atoms with Crippen LogP contribution in [0.2, 0.25) is 0 Å². The maximum atomic E-state index is 9.38. The Morgan fingerprint density at radius 3 is 2.38 bits per heavy atom. The van der Waals surface area contributed by atoms with Crippen molar-refractivity contribution < 1.29 is 14.9 Å². The van der Waals surface area contributed by atoms with Gasteiger partial charge in [0.15, 0.2) is 5.79 Å². The Morgan fingerprint density at radius 1 is 1.38 bits per heavy atom. The average molecular weight is 247 g/mol. The molecule has 0 spiro atoms. The number of hydrogen-bond donors (Lipinski definition) is 2. The maximum absolute atomic E-state index is 9.38. The number of aliphatic hydroxyl groups is 2. The number of ether oxygens (including phenoxy) is 1. The number of rotatable bonds is 2.